The fourth-order valence-corrected chi connectivity index (χ4v) is 2.58. The first kappa shape index (κ1) is 17.5. The van der Waals surface area contributed by atoms with Crippen molar-refractivity contribution in [2.75, 3.05) is 5.32 Å². The van der Waals surface area contributed by atoms with Gasteiger partial charge in [-0.3, -0.25) is 4.79 Å². The minimum Gasteiger partial charge on any atom is -0.360 e. The minimum absolute atomic E-state index is 0.0360. The molecule has 0 saturated heterocycles. The second kappa shape index (κ2) is 6.87. The van der Waals surface area contributed by atoms with Crippen LogP contribution in [-0.4, -0.2) is 11.1 Å². The van der Waals surface area contributed by atoms with Gasteiger partial charge in [0.1, 0.15) is 34.5 Å². The number of carbonyl (C=O) groups is 1. The molecule has 25 heavy (non-hydrogen) atoms. The van der Waals surface area contributed by atoms with Crippen LogP contribution in [0.3, 0.4) is 0 Å². The highest BCUT2D eigenvalue weighted by molar-refractivity contribution is 14.1. The highest BCUT2D eigenvalue weighted by atomic mass is 127. The summed E-state index contributed by atoms with van der Waals surface area (Å²) in [7, 11) is 0. The van der Waals surface area contributed by atoms with E-state index < -0.39 is 23.4 Å². The first-order chi connectivity index (χ1) is 11.9. The number of aromatic nitrogens is 1. The Balaban J connectivity index is 1.95. The third kappa shape index (κ3) is 3.53. The predicted octanol–water partition coefficient (Wildman–Crippen LogP) is 4.92. The molecule has 0 radical (unpaired) electrons. The summed E-state index contributed by atoms with van der Waals surface area (Å²) >= 11 is 1.53. The number of carbonyl (C=O) groups excluding carboxylic acids is 1. The van der Waals surface area contributed by atoms with Gasteiger partial charge in [0.05, 0.1) is 3.57 Å². The average Bonchev–Trinajstić information content (AvgIpc) is 2.95. The Morgan fingerprint density at radius 2 is 1.72 bits per heavy atom. The van der Waals surface area contributed by atoms with Crippen molar-refractivity contribution < 1.29 is 22.5 Å². The van der Waals surface area contributed by atoms with Crippen molar-refractivity contribution in [3.63, 3.8) is 0 Å². The summed E-state index contributed by atoms with van der Waals surface area (Å²) < 4.78 is 45.2. The molecule has 1 amide bonds. The SMILES string of the molecule is Cc1onc(-c2ccc(F)cc2)c1C(=O)Nc1cc(F)c(I)c(F)c1. The summed E-state index contributed by atoms with van der Waals surface area (Å²) in [5.74, 6) is -2.41. The van der Waals surface area contributed by atoms with E-state index in [1.165, 1.54) is 53.8 Å². The molecular formula is C17H10F3IN2O2. The van der Waals surface area contributed by atoms with Crippen LogP contribution in [0.4, 0.5) is 18.9 Å². The average molecular weight is 458 g/mol. The van der Waals surface area contributed by atoms with E-state index in [1.54, 1.807) is 0 Å². The van der Waals surface area contributed by atoms with Gasteiger partial charge in [-0.25, -0.2) is 13.2 Å². The quantitative estimate of drug-likeness (QED) is 0.448. The summed E-state index contributed by atoms with van der Waals surface area (Å²) in [5, 5.41) is 6.24. The first-order valence-corrected chi connectivity index (χ1v) is 8.13. The van der Waals surface area contributed by atoms with E-state index in [2.05, 4.69) is 10.5 Å². The Morgan fingerprint density at radius 3 is 2.32 bits per heavy atom. The van der Waals surface area contributed by atoms with Crippen LogP contribution in [0.2, 0.25) is 0 Å². The Bertz CT molecular complexity index is 932. The number of rotatable bonds is 3. The smallest absolute Gasteiger partial charge is 0.261 e. The Hall–Kier alpha value is -2.36. The third-order valence-corrected chi connectivity index (χ3v) is 4.48. The van der Waals surface area contributed by atoms with Crippen LogP contribution < -0.4 is 5.32 Å². The number of nitrogens with zero attached hydrogens (tertiary/aromatic N) is 1. The van der Waals surface area contributed by atoms with E-state index in [4.69, 9.17) is 4.52 Å². The molecule has 1 aromatic heterocycles. The highest BCUT2D eigenvalue weighted by Gasteiger charge is 2.22. The summed E-state index contributed by atoms with van der Waals surface area (Å²) in [4.78, 5) is 12.5. The number of benzene rings is 2. The second-order valence-corrected chi connectivity index (χ2v) is 6.26. The highest BCUT2D eigenvalue weighted by Crippen LogP contribution is 2.27. The third-order valence-electron chi connectivity index (χ3n) is 3.45. The van der Waals surface area contributed by atoms with E-state index in [0.29, 0.717) is 5.56 Å². The lowest BCUT2D eigenvalue weighted by atomic mass is 10.1. The van der Waals surface area contributed by atoms with Crippen LogP contribution >= 0.6 is 22.6 Å². The summed E-state index contributed by atoms with van der Waals surface area (Å²) in [6.07, 6.45) is 0. The number of halogens is 4. The Labute approximate surface area is 154 Å². The largest absolute Gasteiger partial charge is 0.360 e. The minimum atomic E-state index is -0.781. The van der Waals surface area contributed by atoms with Gasteiger partial charge in [-0.05, 0) is 65.9 Å². The van der Waals surface area contributed by atoms with Gasteiger partial charge in [0.25, 0.3) is 5.91 Å². The number of anilines is 1. The van der Waals surface area contributed by atoms with Gasteiger partial charge in [0.2, 0.25) is 0 Å². The van der Waals surface area contributed by atoms with Crippen molar-refractivity contribution in [2.45, 2.75) is 6.92 Å². The lowest BCUT2D eigenvalue weighted by Gasteiger charge is -2.07. The molecule has 0 unspecified atom stereocenters. The summed E-state index contributed by atoms with van der Waals surface area (Å²) in [5.41, 5.74) is 0.752. The Kier molecular flexibility index (Phi) is 4.80. The fourth-order valence-electron chi connectivity index (χ4n) is 2.27. The lowest BCUT2D eigenvalue weighted by Crippen LogP contribution is -2.14. The van der Waals surface area contributed by atoms with E-state index in [-0.39, 0.29) is 26.3 Å². The van der Waals surface area contributed by atoms with E-state index >= 15 is 0 Å². The molecule has 0 bridgehead atoms. The van der Waals surface area contributed by atoms with Crippen molar-refractivity contribution in [2.24, 2.45) is 0 Å². The first-order valence-electron chi connectivity index (χ1n) is 7.05. The molecule has 0 aliphatic rings. The van der Waals surface area contributed by atoms with Crippen molar-refractivity contribution in [3.8, 4) is 11.3 Å². The van der Waals surface area contributed by atoms with Crippen molar-refractivity contribution in [1.82, 2.24) is 5.16 Å². The maximum atomic E-state index is 13.6. The van der Waals surface area contributed by atoms with E-state index in [1.807, 2.05) is 0 Å². The molecular weight excluding hydrogens is 448 g/mol. The maximum Gasteiger partial charge on any atom is 0.261 e. The van der Waals surface area contributed by atoms with Gasteiger partial charge in [0, 0.05) is 11.3 Å². The number of nitrogens with one attached hydrogen (secondary N) is 1. The molecule has 0 aliphatic heterocycles. The van der Waals surface area contributed by atoms with Crippen molar-refractivity contribution in [3.05, 3.63) is 68.7 Å². The van der Waals surface area contributed by atoms with Crippen LogP contribution in [0.25, 0.3) is 11.3 Å². The predicted molar refractivity (Wildman–Crippen MR) is 93.7 cm³/mol. The van der Waals surface area contributed by atoms with Gasteiger partial charge in [-0.15, -0.1) is 0 Å². The number of hydrogen-bond donors (Lipinski definition) is 1. The number of hydrogen-bond acceptors (Lipinski definition) is 3. The lowest BCUT2D eigenvalue weighted by molar-refractivity contribution is 0.102. The standard InChI is InChI=1S/C17H10F3IN2O2/c1-8-14(16(23-25-8)9-2-4-10(18)5-3-9)17(24)22-11-6-12(19)15(21)13(20)7-11/h2-7H,1H3,(H,22,24). The maximum absolute atomic E-state index is 13.6. The molecule has 1 heterocycles. The molecule has 0 aliphatic carbocycles. The number of aryl methyl sites for hydroxylation is 1. The molecule has 128 valence electrons. The monoisotopic (exact) mass is 458 g/mol. The fraction of sp³-hybridized carbons (Fsp3) is 0.0588. The number of amides is 1. The molecule has 8 heteroatoms. The van der Waals surface area contributed by atoms with E-state index in [0.717, 1.165) is 12.1 Å². The zero-order valence-electron chi connectivity index (χ0n) is 12.7. The van der Waals surface area contributed by atoms with Gasteiger partial charge < -0.3 is 9.84 Å². The normalized spacial score (nSPS) is 10.8. The summed E-state index contributed by atoms with van der Waals surface area (Å²) in [6, 6.07) is 7.39. The van der Waals surface area contributed by atoms with Gasteiger partial charge in [-0.1, -0.05) is 5.16 Å². The zero-order chi connectivity index (χ0) is 18.1. The van der Waals surface area contributed by atoms with Crippen LogP contribution in [0.15, 0.2) is 40.9 Å². The van der Waals surface area contributed by atoms with Gasteiger partial charge >= 0.3 is 0 Å². The van der Waals surface area contributed by atoms with Crippen molar-refractivity contribution >= 4 is 34.2 Å². The second-order valence-electron chi connectivity index (χ2n) is 5.18. The zero-order valence-corrected chi connectivity index (χ0v) is 14.9. The molecule has 0 spiro atoms. The van der Waals surface area contributed by atoms with Crippen LogP contribution in [0.1, 0.15) is 16.1 Å². The molecule has 0 atom stereocenters. The molecule has 1 N–H and O–H groups in total. The van der Waals surface area contributed by atoms with Crippen LogP contribution in [-0.2, 0) is 0 Å². The molecule has 4 nitrogen and oxygen atoms in total. The van der Waals surface area contributed by atoms with Crippen LogP contribution in [0, 0.1) is 27.9 Å². The molecule has 0 saturated carbocycles. The molecule has 2 aromatic carbocycles. The van der Waals surface area contributed by atoms with Gasteiger partial charge in [-0.2, -0.15) is 0 Å². The van der Waals surface area contributed by atoms with Gasteiger partial charge in [0.15, 0.2) is 0 Å². The van der Waals surface area contributed by atoms with Crippen molar-refractivity contribution in [1.29, 1.82) is 0 Å². The van der Waals surface area contributed by atoms with Crippen LogP contribution in [0.5, 0.6) is 0 Å². The topological polar surface area (TPSA) is 55.1 Å². The molecule has 3 rings (SSSR count). The molecule has 0 fully saturated rings. The summed E-state index contributed by atoms with van der Waals surface area (Å²) in [6.45, 7) is 1.53. The Morgan fingerprint density at radius 1 is 1.12 bits per heavy atom. The molecule has 3 aromatic rings. The van der Waals surface area contributed by atoms with E-state index in [9.17, 15) is 18.0 Å².